The molecule has 17 heteroatoms. The van der Waals surface area contributed by atoms with E-state index in [2.05, 4.69) is 19.7 Å². The first-order valence-corrected chi connectivity index (χ1v) is 10.5. The summed E-state index contributed by atoms with van der Waals surface area (Å²) in [6.07, 6.45) is -5.02. The van der Waals surface area contributed by atoms with Crippen molar-refractivity contribution in [2.45, 2.75) is 25.0 Å². The van der Waals surface area contributed by atoms with Gasteiger partial charge in [-0.2, -0.15) is 31.6 Å². The third-order valence-electron chi connectivity index (χ3n) is 3.53. The molecule has 0 unspecified atom stereocenters. The smallest absolute Gasteiger partial charge is 0.433 e. The monoisotopic (exact) mass is 516 g/mol. The van der Waals surface area contributed by atoms with Crippen molar-refractivity contribution in [2.24, 2.45) is 0 Å². The van der Waals surface area contributed by atoms with E-state index < -0.39 is 50.4 Å². The molecule has 0 saturated carbocycles. The van der Waals surface area contributed by atoms with Crippen molar-refractivity contribution in [3.8, 4) is 11.8 Å². The third-order valence-corrected chi connectivity index (χ3v) is 4.80. The van der Waals surface area contributed by atoms with Gasteiger partial charge in [-0.3, -0.25) is 5.32 Å². The fourth-order valence-corrected chi connectivity index (χ4v) is 3.32. The second-order valence-corrected chi connectivity index (χ2v) is 7.43. The second-order valence-electron chi connectivity index (χ2n) is 5.83. The molecular weight excluding hydrogens is 498 g/mol. The Balaban J connectivity index is 0.00000578. The van der Waals surface area contributed by atoms with E-state index in [0.29, 0.717) is 12.1 Å². The van der Waals surface area contributed by atoms with Crippen LogP contribution in [0.4, 0.5) is 23.9 Å². The zero-order valence-electron chi connectivity index (χ0n) is 18.4. The topological polar surface area (TPSA) is 159 Å². The number of urea groups is 1. The Labute approximate surface area is 214 Å². The molecule has 0 aromatic carbocycles. The van der Waals surface area contributed by atoms with Crippen molar-refractivity contribution in [2.75, 3.05) is 25.6 Å². The minimum atomic E-state index is -5.08. The first kappa shape index (κ1) is 29.3. The summed E-state index contributed by atoms with van der Waals surface area (Å²) in [6, 6.07) is 0.827. The van der Waals surface area contributed by atoms with E-state index in [1.807, 2.05) is 5.32 Å². The number of amides is 2. The van der Waals surface area contributed by atoms with Gasteiger partial charge in [-0.15, -0.1) is 0 Å². The van der Waals surface area contributed by atoms with Gasteiger partial charge in [-0.05, 0) is 26.0 Å². The molecule has 12 nitrogen and oxygen atoms in total. The zero-order chi connectivity index (χ0) is 24.8. The van der Waals surface area contributed by atoms with E-state index in [9.17, 15) is 31.2 Å². The number of methoxy groups -OCH3 is 1. The Hall–Kier alpha value is -2.69. The van der Waals surface area contributed by atoms with Gasteiger partial charge in [-0.1, -0.05) is 0 Å². The van der Waals surface area contributed by atoms with Crippen LogP contribution in [0.15, 0.2) is 23.2 Å². The summed E-state index contributed by atoms with van der Waals surface area (Å²) in [5, 5.41) is 0.633. The SMILES string of the molecule is CCOc1cc(OCC)nc(NC(=O)NS(=O)(=O)c2nc(C(F)(F)F)ccc2C(=O)OC)n1.[Na]. The van der Waals surface area contributed by atoms with E-state index in [-0.39, 0.29) is 54.5 Å². The van der Waals surface area contributed by atoms with Crippen molar-refractivity contribution in [1.29, 1.82) is 0 Å². The molecule has 0 atom stereocenters. The van der Waals surface area contributed by atoms with Gasteiger partial charge in [0.05, 0.1) is 32.0 Å². The number of aromatic nitrogens is 3. The van der Waals surface area contributed by atoms with Gasteiger partial charge in [0, 0.05) is 29.6 Å². The summed E-state index contributed by atoms with van der Waals surface area (Å²) in [5.74, 6) is -1.71. The average molecular weight is 516 g/mol. The van der Waals surface area contributed by atoms with Crippen LogP contribution in [-0.2, 0) is 20.9 Å². The Kier molecular flexibility index (Phi) is 10.5. The number of hydrogen-bond acceptors (Lipinski definition) is 10. The van der Waals surface area contributed by atoms with Crippen molar-refractivity contribution in [3.63, 3.8) is 0 Å². The van der Waals surface area contributed by atoms with Crippen LogP contribution in [0.1, 0.15) is 29.9 Å². The van der Waals surface area contributed by atoms with E-state index in [4.69, 9.17) is 9.47 Å². The molecule has 2 heterocycles. The molecule has 2 N–H and O–H groups in total. The van der Waals surface area contributed by atoms with Crippen LogP contribution in [0.5, 0.6) is 11.8 Å². The minimum absolute atomic E-state index is 0. The largest absolute Gasteiger partial charge is 0.478 e. The first-order valence-electron chi connectivity index (χ1n) is 9.06. The van der Waals surface area contributed by atoms with Gasteiger partial charge in [0.2, 0.25) is 17.7 Å². The summed E-state index contributed by atoms with van der Waals surface area (Å²) in [6.45, 7) is 3.74. The van der Waals surface area contributed by atoms with Crippen LogP contribution in [0.2, 0.25) is 0 Å². The third kappa shape index (κ3) is 7.68. The number of carbonyl (C=O) groups excluding carboxylic acids is 2. The number of alkyl halides is 3. The van der Waals surface area contributed by atoms with Gasteiger partial charge in [0.1, 0.15) is 5.69 Å². The van der Waals surface area contributed by atoms with Crippen LogP contribution >= 0.6 is 0 Å². The van der Waals surface area contributed by atoms with E-state index in [1.165, 1.54) is 10.8 Å². The van der Waals surface area contributed by atoms with Gasteiger partial charge in [0.15, 0.2) is 5.03 Å². The van der Waals surface area contributed by atoms with Crippen LogP contribution in [0.3, 0.4) is 0 Å². The minimum Gasteiger partial charge on any atom is -0.478 e. The molecule has 1 radical (unpaired) electrons. The molecule has 0 aliphatic carbocycles. The Bertz CT molecular complexity index is 1120. The fraction of sp³-hybridized carbons (Fsp3) is 0.353. The van der Waals surface area contributed by atoms with Gasteiger partial charge in [-0.25, -0.2) is 19.3 Å². The molecule has 0 fully saturated rings. The zero-order valence-corrected chi connectivity index (χ0v) is 21.2. The second kappa shape index (κ2) is 12.1. The molecule has 0 saturated heterocycles. The van der Waals surface area contributed by atoms with Crippen LogP contribution in [0.25, 0.3) is 0 Å². The molecule has 181 valence electrons. The number of hydrogen-bond donors (Lipinski definition) is 2. The van der Waals surface area contributed by atoms with Crippen LogP contribution < -0.4 is 19.5 Å². The average Bonchev–Trinajstić information content (AvgIpc) is 2.72. The van der Waals surface area contributed by atoms with E-state index >= 15 is 0 Å². The van der Waals surface area contributed by atoms with Gasteiger partial charge >= 0.3 is 18.2 Å². The van der Waals surface area contributed by atoms with Crippen molar-refractivity contribution in [1.82, 2.24) is 19.7 Å². The van der Waals surface area contributed by atoms with Crippen LogP contribution in [-0.4, -0.2) is 85.3 Å². The molecule has 0 bridgehead atoms. The number of nitrogens with one attached hydrogen (secondary N) is 2. The molecule has 2 amide bonds. The molecule has 2 aromatic rings. The fourth-order valence-electron chi connectivity index (χ4n) is 2.27. The predicted octanol–water partition coefficient (Wildman–Crippen LogP) is 1.60. The number of ether oxygens (including phenoxy) is 3. The first-order chi connectivity index (χ1) is 15.4. The number of esters is 1. The summed E-state index contributed by atoms with van der Waals surface area (Å²) in [4.78, 5) is 34.7. The quantitative estimate of drug-likeness (QED) is 0.390. The van der Waals surface area contributed by atoms with E-state index in [1.54, 1.807) is 13.8 Å². The molecule has 0 aliphatic rings. The maximum absolute atomic E-state index is 13.0. The molecule has 2 rings (SSSR count). The number of nitrogens with zero attached hydrogens (tertiary/aromatic N) is 3. The Morgan fingerprint density at radius 3 is 2.06 bits per heavy atom. The molecule has 34 heavy (non-hydrogen) atoms. The number of anilines is 1. The summed E-state index contributed by atoms with van der Waals surface area (Å²) < 4.78 is 80.4. The Morgan fingerprint density at radius 1 is 1.03 bits per heavy atom. The maximum Gasteiger partial charge on any atom is 0.433 e. The van der Waals surface area contributed by atoms with Crippen molar-refractivity contribution >= 4 is 57.5 Å². The van der Waals surface area contributed by atoms with Gasteiger partial charge in [0.25, 0.3) is 10.0 Å². The van der Waals surface area contributed by atoms with Crippen molar-refractivity contribution < 1.29 is 45.4 Å². The molecule has 2 aromatic heterocycles. The molecule has 0 spiro atoms. The normalized spacial score (nSPS) is 11.1. The maximum atomic E-state index is 13.0. The van der Waals surface area contributed by atoms with Crippen LogP contribution in [0, 0.1) is 0 Å². The number of halogens is 3. The number of rotatable bonds is 8. The number of sulfonamides is 1. The standard InChI is InChI=1S/C17H18F3N5O7S.Na/c1-4-31-11-8-12(32-5-2)23-15(22-11)24-16(27)25-33(28,29)13-9(14(26)30-3)6-7-10(21-13)17(18,19)20;/h6-8H,4-5H2,1-3H3,(H2,22,23,24,25,27);. The predicted molar refractivity (Wildman–Crippen MR) is 110 cm³/mol. The van der Waals surface area contributed by atoms with E-state index in [0.717, 1.165) is 7.11 Å². The Morgan fingerprint density at radius 2 is 1.59 bits per heavy atom. The molecule has 0 aliphatic heterocycles. The summed E-state index contributed by atoms with van der Waals surface area (Å²) in [7, 11) is -4.20. The number of pyridine rings is 1. The summed E-state index contributed by atoms with van der Waals surface area (Å²) >= 11 is 0. The van der Waals surface area contributed by atoms with Crippen molar-refractivity contribution in [3.05, 3.63) is 29.5 Å². The molecular formula is C17H18F3N5NaO7S. The summed E-state index contributed by atoms with van der Waals surface area (Å²) in [5.41, 5.74) is -2.43. The number of carbonyl (C=O) groups is 2. The van der Waals surface area contributed by atoms with Gasteiger partial charge < -0.3 is 14.2 Å².